The zero-order valence-corrected chi connectivity index (χ0v) is 15.8. The van der Waals surface area contributed by atoms with Crippen LogP contribution < -0.4 is 5.32 Å². The minimum absolute atomic E-state index is 0.00890. The van der Waals surface area contributed by atoms with Crippen molar-refractivity contribution in [2.75, 3.05) is 25.6 Å². The number of hydrogen-bond donors (Lipinski definition) is 1. The number of carbonyl (C=O) groups excluding carboxylic acids is 2. The predicted molar refractivity (Wildman–Crippen MR) is 92.9 cm³/mol. The van der Waals surface area contributed by atoms with Crippen molar-refractivity contribution >= 4 is 28.3 Å². The molecule has 134 valence electrons. The van der Waals surface area contributed by atoms with Crippen LogP contribution in [0.25, 0.3) is 0 Å². The van der Waals surface area contributed by atoms with Crippen LogP contribution in [0.3, 0.4) is 0 Å². The number of ether oxygens (including phenoxy) is 1. The van der Waals surface area contributed by atoms with E-state index >= 15 is 0 Å². The fourth-order valence-electron chi connectivity index (χ4n) is 2.70. The maximum absolute atomic E-state index is 12.4. The molecule has 0 spiro atoms. The van der Waals surface area contributed by atoms with Gasteiger partial charge in [-0.1, -0.05) is 32.1 Å². The molecule has 1 N–H and O–H groups in total. The third-order valence-corrected chi connectivity index (χ3v) is 4.69. The first-order valence-corrected chi connectivity index (χ1v) is 8.93. The van der Waals surface area contributed by atoms with E-state index < -0.39 is 0 Å². The second-order valence-corrected chi connectivity index (χ2v) is 8.54. The van der Waals surface area contributed by atoms with Crippen molar-refractivity contribution < 1.29 is 14.3 Å². The largest absolute Gasteiger partial charge is 0.383 e. The van der Waals surface area contributed by atoms with E-state index in [1.54, 1.807) is 12.0 Å². The summed E-state index contributed by atoms with van der Waals surface area (Å²) in [5, 5.41) is 12.3. The number of methoxy groups -OCH3 is 1. The van der Waals surface area contributed by atoms with Crippen LogP contribution in [0.2, 0.25) is 0 Å². The van der Waals surface area contributed by atoms with Crippen LogP contribution in [0.4, 0.5) is 5.13 Å². The molecule has 1 aliphatic rings. The molecule has 2 rings (SSSR count). The number of rotatable bonds is 6. The third-order valence-electron chi connectivity index (χ3n) is 3.85. The van der Waals surface area contributed by atoms with Crippen LogP contribution in [0.1, 0.15) is 39.1 Å². The fourth-order valence-corrected chi connectivity index (χ4v) is 3.74. The quantitative estimate of drug-likeness (QED) is 0.844. The van der Waals surface area contributed by atoms with Gasteiger partial charge in [0.15, 0.2) is 0 Å². The molecular formula is C16H26N4O3S. The van der Waals surface area contributed by atoms with Crippen molar-refractivity contribution in [3.8, 4) is 0 Å². The van der Waals surface area contributed by atoms with Crippen LogP contribution in [0.5, 0.6) is 0 Å². The Hall–Kier alpha value is -1.54. The van der Waals surface area contributed by atoms with Gasteiger partial charge in [-0.25, -0.2) is 0 Å². The molecule has 0 unspecified atom stereocenters. The monoisotopic (exact) mass is 354 g/mol. The molecule has 8 heteroatoms. The maximum Gasteiger partial charge on any atom is 0.231 e. The summed E-state index contributed by atoms with van der Waals surface area (Å²) in [6.45, 7) is 9.20. The van der Waals surface area contributed by atoms with Gasteiger partial charge in [-0.15, -0.1) is 10.2 Å². The third kappa shape index (κ3) is 4.98. The molecule has 7 nitrogen and oxygen atoms in total. The first-order valence-electron chi connectivity index (χ1n) is 8.11. The van der Waals surface area contributed by atoms with E-state index in [1.807, 2.05) is 6.92 Å². The number of likely N-dealkylation sites (tertiary alicyclic amines) is 1. The van der Waals surface area contributed by atoms with Crippen LogP contribution in [0, 0.1) is 11.3 Å². The molecule has 0 radical (unpaired) electrons. The van der Waals surface area contributed by atoms with Crippen LogP contribution >= 0.6 is 11.3 Å². The highest BCUT2D eigenvalue weighted by Gasteiger charge is 2.36. The number of anilines is 1. The van der Waals surface area contributed by atoms with Gasteiger partial charge >= 0.3 is 0 Å². The second-order valence-electron chi connectivity index (χ2n) is 7.48. The molecule has 1 aromatic rings. The average molecular weight is 354 g/mol. The van der Waals surface area contributed by atoms with Crippen LogP contribution in [-0.4, -0.2) is 53.2 Å². The standard InChI is InChI=1S/C16H26N4O3S/c1-10(9-23-5)20-8-11(6-13(20)21)14(22)17-15-19-18-12(24-15)7-16(2,3)4/h10-11H,6-9H2,1-5H3,(H,17,19,22)/t10-,11+/m0/s1. The molecule has 2 heterocycles. The van der Waals surface area contributed by atoms with E-state index in [9.17, 15) is 9.59 Å². The van der Waals surface area contributed by atoms with Crippen molar-refractivity contribution in [1.82, 2.24) is 15.1 Å². The minimum atomic E-state index is -0.355. The number of amides is 2. The average Bonchev–Trinajstić information content (AvgIpc) is 3.04. The summed E-state index contributed by atoms with van der Waals surface area (Å²) >= 11 is 1.39. The van der Waals surface area contributed by atoms with Crippen molar-refractivity contribution in [2.24, 2.45) is 11.3 Å². The van der Waals surface area contributed by atoms with Crippen molar-refractivity contribution in [3.05, 3.63) is 5.01 Å². The minimum Gasteiger partial charge on any atom is -0.383 e. The Morgan fingerprint density at radius 3 is 2.79 bits per heavy atom. The Morgan fingerprint density at radius 1 is 1.46 bits per heavy atom. The fraction of sp³-hybridized carbons (Fsp3) is 0.750. The first kappa shape index (κ1) is 18.8. The predicted octanol–water partition coefficient (Wildman–Crippen LogP) is 1.95. The highest BCUT2D eigenvalue weighted by molar-refractivity contribution is 7.15. The van der Waals surface area contributed by atoms with Crippen molar-refractivity contribution in [1.29, 1.82) is 0 Å². The lowest BCUT2D eigenvalue weighted by Gasteiger charge is -2.23. The Labute approximate surface area is 146 Å². The van der Waals surface area contributed by atoms with E-state index in [1.165, 1.54) is 11.3 Å². The van der Waals surface area contributed by atoms with E-state index in [4.69, 9.17) is 4.74 Å². The summed E-state index contributed by atoms with van der Waals surface area (Å²) < 4.78 is 5.09. The normalized spacial score (nSPS) is 19.6. The lowest BCUT2D eigenvalue weighted by atomic mass is 9.93. The van der Waals surface area contributed by atoms with E-state index in [0.29, 0.717) is 18.3 Å². The molecule has 0 bridgehead atoms. The van der Waals surface area contributed by atoms with Gasteiger partial charge in [0.05, 0.1) is 18.6 Å². The van der Waals surface area contributed by atoms with Gasteiger partial charge in [-0.2, -0.15) is 0 Å². The summed E-state index contributed by atoms with van der Waals surface area (Å²) in [6.07, 6.45) is 1.04. The molecule has 0 aliphatic carbocycles. The topological polar surface area (TPSA) is 84.4 Å². The summed E-state index contributed by atoms with van der Waals surface area (Å²) in [4.78, 5) is 26.2. The highest BCUT2D eigenvalue weighted by atomic mass is 32.1. The second kappa shape index (κ2) is 7.57. The Kier molecular flexibility index (Phi) is 5.92. The molecule has 24 heavy (non-hydrogen) atoms. The van der Waals surface area contributed by atoms with Crippen LogP contribution in [-0.2, 0) is 20.7 Å². The Bertz CT molecular complexity index is 596. The zero-order chi connectivity index (χ0) is 17.9. The molecule has 0 aromatic carbocycles. The number of nitrogens with zero attached hydrogens (tertiary/aromatic N) is 3. The molecular weight excluding hydrogens is 328 g/mol. The van der Waals surface area contributed by atoms with E-state index in [2.05, 4.69) is 36.3 Å². The number of aromatic nitrogens is 2. The number of carbonyl (C=O) groups is 2. The van der Waals surface area contributed by atoms with Gasteiger partial charge in [0.2, 0.25) is 16.9 Å². The SMILES string of the molecule is COC[C@H](C)N1C[C@H](C(=O)Nc2nnc(CC(C)(C)C)s2)CC1=O. The smallest absolute Gasteiger partial charge is 0.231 e. The maximum atomic E-state index is 12.4. The highest BCUT2D eigenvalue weighted by Crippen LogP contribution is 2.26. The Morgan fingerprint density at radius 2 is 2.17 bits per heavy atom. The molecule has 2 amide bonds. The van der Waals surface area contributed by atoms with Crippen molar-refractivity contribution in [3.63, 3.8) is 0 Å². The van der Waals surface area contributed by atoms with Crippen LogP contribution in [0.15, 0.2) is 0 Å². The summed E-state index contributed by atoms with van der Waals surface area (Å²) in [7, 11) is 1.60. The summed E-state index contributed by atoms with van der Waals surface area (Å²) in [6, 6.07) is -0.0276. The summed E-state index contributed by atoms with van der Waals surface area (Å²) in [5.74, 6) is -0.536. The molecule has 0 saturated carbocycles. The molecule has 1 saturated heterocycles. The molecule has 1 aromatic heterocycles. The lowest BCUT2D eigenvalue weighted by Crippen LogP contribution is -2.38. The molecule has 1 aliphatic heterocycles. The molecule has 1 fully saturated rings. The summed E-state index contributed by atoms with van der Waals surface area (Å²) in [5.41, 5.74) is 0.122. The Balaban J connectivity index is 1.92. The van der Waals surface area contributed by atoms with Gasteiger partial charge in [-0.05, 0) is 12.3 Å². The van der Waals surface area contributed by atoms with Gasteiger partial charge < -0.3 is 15.0 Å². The van der Waals surface area contributed by atoms with Gasteiger partial charge in [0.25, 0.3) is 0 Å². The van der Waals surface area contributed by atoms with Crippen molar-refractivity contribution in [2.45, 2.75) is 46.6 Å². The number of hydrogen-bond acceptors (Lipinski definition) is 6. The van der Waals surface area contributed by atoms with Gasteiger partial charge in [-0.3, -0.25) is 9.59 Å². The number of nitrogens with one attached hydrogen (secondary N) is 1. The van der Waals surface area contributed by atoms with E-state index in [0.717, 1.165) is 11.4 Å². The zero-order valence-electron chi connectivity index (χ0n) is 15.0. The van der Waals surface area contributed by atoms with E-state index in [-0.39, 0.29) is 35.6 Å². The first-order chi connectivity index (χ1) is 11.2. The molecule has 2 atom stereocenters. The van der Waals surface area contributed by atoms with Gasteiger partial charge in [0, 0.05) is 26.5 Å². The lowest BCUT2D eigenvalue weighted by molar-refractivity contribution is -0.130. The van der Waals surface area contributed by atoms with Gasteiger partial charge in [0.1, 0.15) is 5.01 Å².